The van der Waals surface area contributed by atoms with Crippen molar-refractivity contribution >= 4 is 10.0 Å². The van der Waals surface area contributed by atoms with Gasteiger partial charge < -0.3 is 4.52 Å². The highest BCUT2D eigenvalue weighted by molar-refractivity contribution is 7.88. The maximum Gasteiger partial charge on any atom is 0.218 e. The van der Waals surface area contributed by atoms with Gasteiger partial charge in [0.05, 0.1) is 11.7 Å². The van der Waals surface area contributed by atoms with E-state index in [1.165, 1.54) is 24.5 Å². The smallest absolute Gasteiger partial charge is 0.218 e. The van der Waals surface area contributed by atoms with Crippen molar-refractivity contribution in [2.75, 3.05) is 0 Å². The molecule has 0 bridgehead atoms. The Morgan fingerprint density at radius 3 is 2.33 bits per heavy atom. The zero-order valence-electron chi connectivity index (χ0n) is 12.5. The van der Waals surface area contributed by atoms with Crippen molar-refractivity contribution in [3.05, 3.63) is 83.8 Å². The molecule has 2 heterocycles. The van der Waals surface area contributed by atoms with Crippen LogP contribution >= 0.6 is 0 Å². The van der Waals surface area contributed by atoms with Gasteiger partial charge in [0.15, 0.2) is 0 Å². The van der Waals surface area contributed by atoms with E-state index in [1.54, 1.807) is 36.7 Å². The number of hydrogen-bond donors (Lipinski definition) is 1. The first-order valence-electron chi connectivity index (χ1n) is 7.08. The zero-order chi connectivity index (χ0) is 17.0. The van der Waals surface area contributed by atoms with Crippen molar-refractivity contribution < 1.29 is 17.3 Å². The lowest BCUT2D eigenvalue weighted by Gasteiger charge is -2.19. The van der Waals surface area contributed by atoms with E-state index in [0.29, 0.717) is 16.8 Å². The zero-order valence-corrected chi connectivity index (χ0v) is 13.3. The molecule has 124 valence electrons. The Balaban J connectivity index is 1.91. The molecule has 3 aromatic rings. The van der Waals surface area contributed by atoms with E-state index in [0.717, 1.165) is 0 Å². The third-order valence-corrected chi connectivity index (χ3v) is 4.64. The Morgan fingerprint density at radius 1 is 1.04 bits per heavy atom. The van der Waals surface area contributed by atoms with E-state index in [4.69, 9.17) is 0 Å². The number of aromatic nitrogens is 2. The maximum atomic E-state index is 13.2. The molecular formula is C16H14FN3O3S. The van der Waals surface area contributed by atoms with Gasteiger partial charge in [0.2, 0.25) is 10.0 Å². The molecular weight excluding hydrogens is 333 g/mol. The molecule has 0 saturated heterocycles. The summed E-state index contributed by atoms with van der Waals surface area (Å²) in [6.45, 7) is 0. The molecule has 0 amide bonds. The molecule has 1 N–H and O–H groups in total. The molecule has 8 heteroatoms. The predicted octanol–water partition coefficient (Wildman–Crippen LogP) is 2.42. The standard InChI is InChI=1S/C16H14FN3O3S/c17-14-3-1-12(2-4-14)16(13-5-8-18-9-6-13)20-24(21,22)11-15-7-10-23-19-15/h1-10,16,20H,11H2. The number of pyridine rings is 1. The summed E-state index contributed by atoms with van der Waals surface area (Å²) in [5.41, 5.74) is 1.61. The minimum Gasteiger partial charge on any atom is -0.364 e. The lowest BCUT2D eigenvalue weighted by Crippen LogP contribution is -2.30. The van der Waals surface area contributed by atoms with Crippen LogP contribution in [-0.4, -0.2) is 18.6 Å². The summed E-state index contributed by atoms with van der Waals surface area (Å²) in [6.07, 6.45) is 4.45. The van der Waals surface area contributed by atoms with Gasteiger partial charge >= 0.3 is 0 Å². The fourth-order valence-corrected chi connectivity index (χ4v) is 3.52. The van der Waals surface area contributed by atoms with Crippen molar-refractivity contribution in [3.63, 3.8) is 0 Å². The highest BCUT2D eigenvalue weighted by atomic mass is 32.2. The van der Waals surface area contributed by atoms with Gasteiger partial charge in [-0.3, -0.25) is 4.98 Å². The van der Waals surface area contributed by atoms with Crippen LogP contribution in [0.25, 0.3) is 0 Å². The third kappa shape index (κ3) is 4.03. The summed E-state index contributed by atoms with van der Waals surface area (Å²) in [5, 5.41) is 3.61. The second kappa shape index (κ2) is 6.90. The molecule has 24 heavy (non-hydrogen) atoms. The van der Waals surface area contributed by atoms with Crippen LogP contribution in [0, 0.1) is 5.82 Å². The molecule has 6 nitrogen and oxygen atoms in total. The number of rotatable bonds is 6. The monoisotopic (exact) mass is 347 g/mol. The first kappa shape index (κ1) is 16.3. The van der Waals surface area contributed by atoms with Gasteiger partial charge in [0.25, 0.3) is 0 Å². The van der Waals surface area contributed by atoms with Gasteiger partial charge in [-0.05, 0) is 35.4 Å². The fraction of sp³-hybridized carbons (Fsp3) is 0.125. The van der Waals surface area contributed by atoms with E-state index in [-0.39, 0.29) is 5.75 Å². The Hall–Kier alpha value is -2.58. The van der Waals surface area contributed by atoms with E-state index in [2.05, 4.69) is 19.4 Å². The van der Waals surface area contributed by atoms with Crippen molar-refractivity contribution in [2.45, 2.75) is 11.8 Å². The average Bonchev–Trinajstić information content (AvgIpc) is 3.07. The van der Waals surface area contributed by atoms with Crippen molar-refractivity contribution in [1.29, 1.82) is 0 Å². The molecule has 3 rings (SSSR count). The highest BCUT2D eigenvalue weighted by Crippen LogP contribution is 2.23. The summed E-state index contributed by atoms with van der Waals surface area (Å²) < 4.78 is 45.3. The molecule has 0 radical (unpaired) electrons. The Kier molecular flexibility index (Phi) is 4.68. The van der Waals surface area contributed by atoms with Crippen LogP contribution in [0.1, 0.15) is 22.9 Å². The highest BCUT2D eigenvalue weighted by Gasteiger charge is 2.22. The summed E-state index contributed by atoms with van der Waals surface area (Å²) >= 11 is 0. The van der Waals surface area contributed by atoms with Crippen LogP contribution in [0.4, 0.5) is 4.39 Å². The Labute approximate surface area is 138 Å². The van der Waals surface area contributed by atoms with Gasteiger partial charge in [0.1, 0.15) is 17.8 Å². The topological polar surface area (TPSA) is 85.1 Å². The summed E-state index contributed by atoms with van der Waals surface area (Å²) in [5.74, 6) is -0.704. The van der Waals surface area contributed by atoms with Crippen molar-refractivity contribution in [3.8, 4) is 0 Å². The molecule has 0 aliphatic heterocycles. The number of benzene rings is 1. The van der Waals surface area contributed by atoms with Crippen molar-refractivity contribution in [2.24, 2.45) is 0 Å². The second-order valence-corrected chi connectivity index (χ2v) is 6.89. The summed E-state index contributed by atoms with van der Waals surface area (Å²) in [4.78, 5) is 3.93. The largest absolute Gasteiger partial charge is 0.364 e. The summed E-state index contributed by atoms with van der Waals surface area (Å²) in [7, 11) is -3.70. The van der Waals surface area contributed by atoms with Crippen LogP contribution in [0.5, 0.6) is 0 Å². The average molecular weight is 347 g/mol. The molecule has 2 aromatic heterocycles. The Morgan fingerprint density at radius 2 is 1.71 bits per heavy atom. The third-order valence-electron chi connectivity index (χ3n) is 3.37. The van der Waals surface area contributed by atoms with E-state index in [1.807, 2.05) is 0 Å². The van der Waals surface area contributed by atoms with Gasteiger partial charge in [-0.25, -0.2) is 17.5 Å². The molecule has 1 aromatic carbocycles. The predicted molar refractivity (Wildman–Crippen MR) is 84.7 cm³/mol. The number of nitrogens with zero attached hydrogens (tertiary/aromatic N) is 2. The van der Waals surface area contributed by atoms with Crippen LogP contribution < -0.4 is 4.72 Å². The van der Waals surface area contributed by atoms with E-state index >= 15 is 0 Å². The fourth-order valence-electron chi connectivity index (χ4n) is 2.27. The molecule has 0 fully saturated rings. The summed E-state index contributed by atoms with van der Waals surface area (Å²) in [6, 6.07) is 9.88. The van der Waals surface area contributed by atoms with E-state index in [9.17, 15) is 12.8 Å². The first-order chi connectivity index (χ1) is 11.5. The normalized spacial score (nSPS) is 12.9. The molecule has 0 aliphatic carbocycles. The maximum absolute atomic E-state index is 13.2. The second-order valence-electron chi connectivity index (χ2n) is 5.13. The van der Waals surface area contributed by atoms with Crippen LogP contribution in [0.3, 0.4) is 0 Å². The quantitative estimate of drug-likeness (QED) is 0.740. The molecule has 1 atom stereocenters. The molecule has 0 aliphatic rings. The van der Waals surface area contributed by atoms with Gasteiger partial charge in [-0.2, -0.15) is 0 Å². The number of halogens is 1. The SMILES string of the molecule is O=S(=O)(Cc1ccon1)NC(c1ccncc1)c1ccc(F)cc1. The van der Waals surface area contributed by atoms with E-state index < -0.39 is 21.9 Å². The van der Waals surface area contributed by atoms with Gasteiger partial charge in [-0.15, -0.1) is 0 Å². The van der Waals surface area contributed by atoms with Crippen LogP contribution in [-0.2, 0) is 15.8 Å². The minimum atomic E-state index is -3.70. The van der Waals surface area contributed by atoms with Gasteiger partial charge in [-0.1, -0.05) is 17.3 Å². The molecule has 1 unspecified atom stereocenters. The molecule has 0 spiro atoms. The first-order valence-corrected chi connectivity index (χ1v) is 8.73. The van der Waals surface area contributed by atoms with Crippen LogP contribution in [0.2, 0.25) is 0 Å². The van der Waals surface area contributed by atoms with Crippen molar-refractivity contribution in [1.82, 2.24) is 14.9 Å². The number of nitrogens with one attached hydrogen (secondary N) is 1. The van der Waals surface area contributed by atoms with Gasteiger partial charge in [0, 0.05) is 18.5 Å². The van der Waals surface area contributed by atoms with Crippen LogP contribution in [0.15, 0.2) is 65.6 Å². The number of hydrogen-bond acceptors (Lipinski definition) is 5. The lowest BCUT2D eigenvalue weighted by atomic mass is 10.0. The number of sulfonamides is 1. The lowest BCUT2D eigenvalue weighted by molar-refractivity contribution is 0.413. The Bertz CT molecular complexity index is 882. The molecule has 0 saturated carbocycles. The minimum absolute atomic E-state index is 0.301.